The standard InChI is InChI=1S/C25H36N4O7/c1-7-34-13-17(22(31)27-19-18(30)14-35-20(19)23(32)29(5)6)26-21(16-11-9-8-10-12-16)28-24(33)36-15-25(2,3)4/h8-12,17,19-20H,7,13-15H2,1-6H3,(H,27,31)(H,26,28,33). The van der Waals surface area contributed by atoms with Gasteiger partial charge in [0.15, 0.2) is 17.9 Å². The number of amides is 3. The fourth-order valence-electron chi connectivity index (χ4n) is 3.15. The predicted molar refractivity (Wildman–Crippen MR) is 133 cm³/mol. The quantitative estimate of drug-likeness (QED) is 0.380. The van der Waals surface area contributed by atoms with Crippen molar-refractivity contribution in [3.63, 3.8) is 0 Å². The summed E-state index contributed by atoms with van der Waals surface area (Å²) in [4.78, 5) is 56.3. The minimum atomic E-state index is -1.16. The van der Waals surface area contributed by atoms with E-state index in [-0.39, 0.29) is 31.1 Å². The number of alkyl carbamates (subject to hydrolysis) is 1. The lowest BCUT2D eigenvalue weighted by Gasteiger charge is -2.23. The van der Waals surface area contributed by atoms with Gasteiger partial charge in [0.2, 0.25) is 5.91 Å². The molecule has 0 radical (unpaired) electrons. The summed E-state index contributed by atoms with van der Waals surface area (Å²) in [6, 6.07) is 6.48. The molecule has 0 aliphatic carbocycles. The van der Waals surface area contributed by atoms with E-state index in [2.05, 4.69) is 15.6 Å². The maximum Gasteiger partial charge on any atom is 0.412 e. The van der Waals surface area contributed by atoms with Crippen molar-refractivity contribution in [1.82, 2.24) is 15.5 Å². The molecule has 0 saturated carbocycles. The van der Waals surface area contributed by atoms with Crippen molar-refractivity contribution in [2.45, 2.75) is 45.9 Å². The van der Waals surface area contributed by atoms with E-state index >= 15 is 0 Å². The Morgan fingerprint density at radius 3 is 2.44 bits per heavy atom. The molecule has 0 aromatic heterocycles. The molecule has 2 rings (SSSR count). The van der Waals surface area contributed by atoms with E-state index in [1.54, 1.807) is 37.3 Å². The Bertz CT molecular complexity index is 957. The van der Waals surface area contributed by atoms with Crippen LogP contribution in [0.3, 0.4) is 0 Å². The number of amidine groups is 1. The fourth-order valence-corrected chi connectivity index (χ4v) is 3.15. The minimum absolute atomic E-state index is 0.101. The van der Waals surface area contributed by atoms with Gasteiger partial charge in [-0.1, -0.05) is 51.1 Å². The van der Waals surface area contributed by atoms with Crippen LogP contribution < -0.4 is 10.6 Å². The van der Waals surface area contributed by atoms with Crippen LogP contribution in [0, 0.1) is 5.41 Å². The van der Waals surface area contributed by atoms with Crippen LogP contribution in [0.15, 0.2) is 35.3 Å². The maximum absolute atomic E-state index is 13.2. The average Bonchev–Trinajstić information content (AvgIpc) is 3.18. The largest absolute Gasteiger partial charge is 0.449 e. The molecule has 3 amide bonds. The third kappa shape index (κ3) is 8.72. The molecule has 0 spiro atoms. The van der Waals surface area contributed by atoms with E-state index in [1.807, 2.05) is 20.8 Å². The van der Waals surface area contributed by atoms with Gasteiger partial charge in [-0.2, -0.15) is 0 Å². The van der Waals surface area contributed by atoms with Gasteiger partial charge in [0.1, 0.15) is 18.5 Å². The first-order valence-electron chi connectivity index (χ1n) is 11.7. The van der Waals surface area contributed by atoms with E-state index in [0.717, 1.165) is 0 Å². The molecule has 2 N–H and O–H groups in total. The molecule has 1 aliphatic heterocycles. The molecule has 198 valence electrons. The number of hydrogen-bond acceptors (Lipinski definition) is 8. The first-order valence-corrected chi connectivity index (χ1v) is 11.7. The monoisotopic (exact) mass is 504 g/mol. The summed E-state index contributed by atoms with van der Waals surface area (Å²) >= 11 is 0. The van der Waals surface area contributed by atoms with Crippen LogP contribution in [0.2, 0.25) is 0 Å². The van der Waals surface area contributed by atoms with Gasteiger partial charge in [0.05, 0.1) is 13.2 Å². The number of likely N-dealkylation sites (N-methyl/N-ethyl adjacent to an activating group) is 1. The summed E-state index contributed by atoms with van der Waals surface area (Å²) in [6.07, 6.45) is -1.86. The molecule has 1 fully saturated rings. The van der Waals surface area contributed by atoms with Crippen molar-refractivity contribution >= 4 is 29.5 Å². The van der Waals surface area contributed by atoms with Crippen molar-refractivity contribution in [2.75, 3.05) is 40.5 Å². The van der Waals surface area contributed by atoms with Gasteiger partial charge in [0.25, 0.3) is 5.91 Å². The van der Waals surface area contributed by atoms with Crippen LogP contribution in [0.5, 0.6) is 0 Å². The molecule has 1 aliphatic rings. The highest BCUT2D eigenvalue weighted by Gasteiger charge is 2.43. The molecule has 36 heavy (non-hydrogen) atoms. The SMILES string of the molecule is CCOCC(N=C(NC(=O)OCC(C)(C)C)c1ccccc1)C(=O)NC1C(=O)COC1C(=O)N(C)C. The summed E-state index contributed by atoms with van der Waals surface area (Å²) in [5.74, 6) is -1.41. The van der Waals surface area contributed by atoms with E-state index in [4.69, 9.17) is 14.2 Å². The first-order chi connectivity index (χ1) is 16.9. The van der Waals surface area contributed by atoms with Crippen molar-refractivity contribution < 1.29 is 33.4 Å². The third-order valence-corrected chi connectivity index (χ3v) is 5.01. The molecule has 1 heterocycles. The van der Waals surface area contributed by atoms with Crippen molar-refractivity contribution in [2.24, 2.45) is 10.4 Å². The summed E-state index contributed by atoms with van der Waals surface area (Å²) in [6.45, 7) is 7.63. The van der Waals surface area contributed by atoms with Crippen LogP contribution >= 0.6 is 0 Å². The number of aliphatic imine (C=N–C) groups is 1. The predicted octanol–water partition coefficient (Wildman–Crippen LogP) is 1.15. The van der Waals surface area contributed by atoms with Crippen LogP contribution in [-0.4, -0.2) is 93.1 Å². The van der Waals surface area contributed by atoms with E-state index < -0.39 is 41.9 Å². The molecule has 11 nitrogen and oxygen atoms in total. The number of nitrogens with one attached hydrogen (secondary N) is 2. The molecule has 1 aromatic rings. The highest BCUT2D eigenvalue weighted by molar-refractivity contribution is 6.07. The summed E-state index contributed by atoms with van der Waals surface area (Å²) in [5, 5.41) is 5.20. The number of carbonyl (C=O) groups excluding carboxylic acids is 4. The zero-order valence-electron chi connectivity index (χ0n) is 21.7. The number of Topliss-reactive ketones (excluding diaryl/α,β-unsaturated/α-hetero) is 1. The van der Waals surface area contributed by atoms with Crippen molar-refractivity contribution in [3.05, 3.63) is 35.9 Å². The smallest absolute Gasteiger partial charge is 0.412 e. The number of rotatable bonds is 9. The number of benzene rings is 1. The number of ether oxygens (including phenoxy) is 3. The Morgan fingerprint density at radius 1 is 1.19 bits per heavy atom. The van der Waals surface area contributed by atoms with E-state index in [0.29, 0.717) is 12.2 Å². The van der Waals surface area contributed by atoms with Gasteiger partial charge >= 0.3 is 6.09 Å². The van der Waals surface area contributed by atoms with E-state index in [1.165, 1.54) is 19.0 Å². The maximum atomic E-state index is 13.2. The zero-order valence-corrected chi connectivity index (χ0v) is 21.7. The van der Waals surface area contributed by atoms with Gasteiger partial charge in [-0.3, -0.25) is 24.7 Å². The van der Waals surface area contributed by atoms with Gasteiger partial charge < -0.3 is 24.4 Å². The highest BCUT2D eigenvalue weighted by atomic mass is 16.5. The Hall–Kier alpha value is -3.31. The lowest BCUT2D eigenvalue weighted by atomic mass is 9.99. The molecule has 3 unspecified atom stereocenters. The lowest BCUT2D eigenvalue weighted by Crippen LogP contribution is -2.53. The summed E-state index contributed by atoms with van der Waals surface area (Å²) in [5.41, 5.74) is 0.301. The van der Waals surface area contributed by atoms with Gasteiger partial charge in [-0.25, -0.2) is 4.79 Å². The van der Waals surface area contributed by atoms with Gasteiger partial charge in [-0.15, -0.1) is 0 Å². The fraction of sp³-hybridized carbons (Fsp3) is 0.560. The minimum Gasteiger partial charge on any atom is -0.449 e. The number of hydrogen-bond donors (Lipinski definition) is 2. The average molecular weight is 505 g/mol. The Morgan fingerprint density at radius 2 is 1.86 bits per heavy atom. The topological polar surface area (TPSA) is 136 Å². The second-order valence-corrected chi connectivity index (χ2v) is 9.70. The normalized spacial score (nSPS) is 18.9. The molecule has 1 aromatic carbocycles. The van der Waals surface area contributed by atoms with Gasteiger partial charge in [0, 0.05) is 26.3 Å². The summed E-state index contributed by atoms with van der Waals surface area (Å²) < 4.78 is 16.1. The number of nitrogens with zero attached hydrogens (tertiary/aromatic N) is 2. The number of carbonyl (C=O) groups is 4. The Kier molecular flexibility index (Phi) is 10.5. The molecular formula is C25H36N4O7. The molecular weight excluding hydrogens is 468 g/mol. The van der Waals surface area contributed by atoms with Crippen molar-refractivity contribution in [1.29, 1.82) is 0 Å². The molecule has 11 heteroatoms. The third-order valence-electron chi connectivity index (χ3n) is 5.01. The second kappa shape index (κ2) is 13.1. The Labute approximate surface area is 211 Å². The highest BCUT2D eigenvalue weighted by Crippen LogP contribution is 2.15. The zero-order chi connectivity index (χ0) is 26.9. The van der Waals surface area contributed by atoms with Crippen LogP contribution in [0.1, 0.15) is 33.3 Å². The van der Waals surface area contributed by atoms with Crippen molar-refractivity contribution in [3.8, 4) is 0 Å². The van der Waals surface area contributed by atoms with E-state index in [9.17, 15) is 19.2 Å². The second-order valence-electron chi connectivity index (χ2n) is 9.70. The molecule has 0 bridgehead atoms. The molecule has 1 saturated heterocycles. The lowest BCUT2D eigenvalue weighted by molar-refractivity contribution is -0.140. The Balaban J connectivity index is 2.31. The van der Waals surface area contributed by atoms with Crippen LogP contribution in [-0.2, 0) is 28.6 Å². The van der Waals surface area contributed by atoms with Crippen LogP contribution in [0.25, 0.3) is 0 Å². The summed E-state index contributed by atoms with van der Waals surface area (Å²) in [7, 11) is 3.07. The van der Waals surface area contributed by atoms with Crippen LogP contribution in [0.4, 0.5) is 4.79 Å². The molecule has 3 atom stereocenters. The number of ketones is 1. The first kappa shape index (κ1) is 28.9. The van der Waals surface area contributed by atoms with Gasteiger partial charge in [-0.05, 0) is 12.3 Å².